The van der Waals surface area contributed by atoms with Crippen molar-refractivity contribution in [1.82, 2.24) is 0 Å². The van der Waals surface area contributed by atoms with Gasteiger partial charge in [-0.25, -0.2) is 0 Å². The lowest BCUT2D eigenvalue weighted by Gasteiger charge is -2.29. The van der Waals surface area contributed by atoms with Crippen LogP contribution < -0.4 is 0 Å². The number of ether oxygens (including phenoxy) is 1. The van der Waals surface area contributed by atoms with Crippen LogP contribution in [-0.2, 0) is 9.53 Å². The molecule has 0 aliphatic carbocycles. The van der Waals surface area contributed by atoms with E-state index < -0.39 is 5.60 Å². The van der Waals surface area contributed by atoms with Crippen molar-refractivity contribution >= 4 is 5.78 Å². The number of hydrogen-bond donors (Lipinski definition) is 0. The fourth-order valence-corrected chi connectivity index (χ4v) is 1.63. The van der Waals surface area contributed by atoms with Crippen LogP contribution in [0.4, 0.5) is 0 Å². The first-order valence-corrected chi connectivity index (χ1v) is 4.69. The van der Waals surface area contributed by atoms with Gasteiger partial charge in [-0.1, -0.05) is 26.7 Å². The Morgan fingerprint density at radius 1 is 1.25 bits per heavy atom. The van der Waals surface area contributed by atoms with Gasteiger partial charge in [-0.3, -0.25) is 4.79 Å². The first-order valence-electron chi connectivity index (χ1n) is 4.69. The molecule has 0 atom stereocenters. The van der Waals surface area contributed by atoms with Crippen LogP contribution in [0.15, 0.2) is 0 Å². The minimum Gasteiger partial charge on any atom is -0.370 e. The van der Waals surface area contributed by atoms with Crippen LogP contribution in [-0.4, -0.2) is 18.5 Å². The number of hydrogen-bond acceptors (Lipinski definition) is 2. The summed E-state index contributed by atoms with van der Waals surface area (Å²) in [6.07, 6.45) is 3.67. The summed E-state index contributed by atoms with van der Waals surface area (Å²) in [5.41, 5.74) is -0.497. The van der Waals surface area contributed by atoms with E-state index in [0.29, 0.717) is 0 Å². The zero-order chi connectivity index (χ0) is 9.61. The molecular formula is C10H20O2. The summed E-state index contributed by atoms with van der Waals surface area (Å²) in [6, 6.07) is 0. The van der Waals surface area contributed by atoms with E-state index in [1.165, 1.54) is 0 Å². The van der Waals surface area contributed by atoms with Crippen molar-refractivity contribution in [2.24, 2.45) is 0 Å². The van der Waals surface area contributed by atoms with Gasteiger partial charge in [-0.15, -0.1) is 0 Å². The molecule has 0 radical (unpaired) electrons. The average molecular weight is 172 g/mol. The molecule has 0 fully saturated rings. The van der Waals surface area contributed by atoms with Crippen LogP contribution in [0.2, 0.25) is 0 Å². The molecule has 0 saturated carbocycles. The number of carbonyl (C=O) groups excluding carboxylic acids is 1. The fraction of sp³-hybridized carbons (Fsp3) is 0.900. The normalized spacial score (nSPS) is 11.7. The Hall–Kier alpha value is -0.370. The van der Waals surface area contributed by atoms with Crippen molar-refractivity contribution in [2.45, 2.75) is 52.1 Å². The molecular weight excluding hydrogens is 152 g/mol. The molecule has 12 heavy (non-hydrogen) atoms. The highest BCUT2D eigenvalue weighted by atomic mass is 16.5. The quantitative estimate of drug-likeness (QED) is 0.615. The van der Waals surface area contributed by atoms with E-state index in [9.17, 15) is 4.79 Å². The smallest absolute Gasteiger partial charge is 0.161 e. The predicted octanol–water partition coefficient (Wildman–Crippen LogP) is 2.56. The van der Waals surface area contributed by atoms with E-state index >= 15 is 0 Å². The van der Waals surface area contributed by atoms with Gasteiger partial charge < -0.3 is 4.74 Å². The summed E-state index contributed by atoms with van der Waals surface area (Å²) in [6.45, 7) is 5.77. The van der Waals surface area contributed by atoms with Gasteiger partial charge in [-0.05, 0) is 19.8 Å². The second-order valence-electron chi connectivity index (χ2n) is 3.25. The van der Waals surface area contributed by atoms with Crippen LogP contribution >= 0.6 is 0 Å². The molecule has 2 heteroatoms. The zero-order valence-corrected chi connectivity index (χ0v) is 8.64. The predicted molar refractivity (Wildman–Crippen MR) is 50.2 cm³/mol. The first-order chi connectivity index (χ1) is 5.63. The standard InChI is InChI=1S/C10H20O2/c1-5-7-10(12-4,8-6-2)9(3)11/h5-8H2,1-4H3. The molecule has 0 aliphatic heterocycles. The van der Waals surface area contributed by atoms with Gasteiger partial charge in [-0.2, -0.15) is 0 Å². The van der Waals surface area contributed by atoms with Gasteiger partial charge in [0.15, 0.2) is 5.78 Å². The summed E-state index contributed by atoms with van der Waals surface area (Å²) in [5.74, 6) is 0.161. The van der Waals surface area contributed by atoms with Crippen LogP contribution in [0.1, 0.15) is 46.5 Å². The molecule has 0 spiro atoms. The fourth-order valence-electron chi connectivity index (χ4n) is 1.63. The molecule has 0 unspecified atom stereocenters. The second kappa shape index (κ2) is 5.31. The molecule has 0 saturated heterocycles. The van der Waals surface area contributed by atoms with Crippen LogP contribution in [0.5, 0.6) is 0 Å². The van der Waals surface area contributed by atoms with Crippen molar-refractivity contribution in [1.29, 1.82) is 0 Å². The van der Waals surface area contributed by atoms with Gasteiger partial charge >= 0.3 is 0 Å². The van der Waals surface area contributed by atoms with Gasteiger partial charge in [0.2, 0.25) is 0 Å². The van der Waals surface area contributed by atoms with Crippen LogP contribution in [0.3, 0.4) is 0 Å². The molecule has 0 rings (SSSR count). The Balaban J connectivity index is 4.39. The molecule has 0 heterocycles. The van der Waals surface area contributed by atoms with Crippen LogP contribution in [0, 0.1) is 0 Å². The molecule has 0 aromatic heterocycles. The Bertz CT molecular complexity index is 135. The van der Waals surface area contributed by atoms with Crippen molar-refractivity contribution < 1.29 is 9.53 Å². The first kappa shape index (κ1) is 11.6. The maximum Gasteiger partial charge on any atom is 0.161 e. The number of methoxy groups -OCH3 is 1. The SMILES string of the molecule is CCCC(CCC)(OC)C(C)=O. The van der Waals surface area contributed by atoms with Crippen molar-refractivity contribution in [3.05, 3.63) is 0 Å². The molecule has 0 aliphatic rings. The van der Waals surface area contributed by atoms with Gasteiger partial charge in [0.1, 0.15) is 5.60 Å². The topological polar surface area (TPSA) is 26.3 Å². The molecule has 72 valence electrons. The Morgan fingerprint density at radius 2 is 1.67 bits per heavy atom. The number of Topliss-reactive ketones (excluding diaryl/α,β-unsaturated/α-hetero) is 1. The number of rotatable bonds is 6. The maximum absolute atomic E-state index is 11.4. The summed E-state index contributed by atoms with van der Waals surface area (Å²) >= 11 is 0. The summed E-state index contributed by atoms with van der Waals surface area (Å²) in [4.78, 5) is 11.4. The molecule has 2 nitrogen and oxygen atoms in total. The molecule has 0 aromatic rings. The molecule has 0 N–H and O–H groups in total. The van der Waals surface area contributed by atoms with E-state index in [0.717, 1.165) is 25.7 Å². The van der Waals surface area contributed by atoms with Crippen molar-refractivity contribution in [3.8, 4) is 0 Å². The Kier molecular flexibility index (Phi) is 5.14. The third kappa shape index (κ3) is 2.59. The lowest BCUT2D eigenvalue weighted by atomic mass is 9.89. The molecule has 0 bridgehead atoms. The summed E-state index contributed by atoms with van der Waals surface area (Å²) < 4.78 is 5.33. The van der Waals surface area contributed by atoms with Crippen LogP contribution in [0.25, 0.3) is 0 Å². The van der Waals surface area contributed by atoms with E-state index in [1.54, 1.807) is 14.0 Å². The Morgan fingerprint density at radius 3 is 1.83 bits per heavy atom. The molecule has 0 aromatic carbocycles. The highest BCUT2D eigenvalue weighted by molar-refractivity contribution is 5.84. The van der Waals surface area contributed by atoms with E-state index in [1.807, 2.05) is 0 Å². The average Bonchev–Trinajstić information content (AvgIpc) is 2.03. The maximum atomic E-state index is 11.4. The lowest BCUT2D eigenvalue weighted by Crippen LogP contribution is -2.38. The number of ketones is 1. The molecule has 0 amide bonds. The Labute approximate surface area is 75.3 Å². The third-order valence-corrected chi connectivity index (χ3v) is 2.34. The minimum atomic E-state index is -0.497. The monoisotopic (exact) mass is 172 g/mol. The second-order valence-corrected chi connectivity index (χ2v) is 3.25. The van der Waals surface area contributed by atoms with E-state index in [4.69, 9.17) is 4.74 Å². The van der Waals surface area contributed by atoms with Gasteiger partial charge in [0.05, 0.1) is 0 Å². The lowest BCUT2D eigenvalue weighted by molar-refractivity contribution is -0.140. The highest BCUT2D eigenvalue weighted by Gasteiger charge is 2.32. The largest absolute Gasteiger partial charge is 0.370 e. The highest BCUT2D eigenvalue weighted by Crippen LogP contribution is 2.24. The summed E-state index contributed by atoms with van der Waals surface area (Å²) in [5, 5.41) is 0. The van der Waals surface area contributed by atoms with E-state index in [-0.39, 0.29) is 5.78 Å². The van der Waals surface area contributed by atoms with Crippen molar-refractivity contribution in [2.75, 3.05) is 7.11 Å². The van der Waals surface area contributed by atoms with Gasteiger partial charge in [0, 0.05) is 7.11 Å². The minimum absolute atomic E-state index is 0.161. The summed E-state index contributed by atoms with van der Waals surface area (Å²) in [7, 11) is 1.63. The van der Waals surface area contributed by atoms with E-state index in [2.05, 4.69) is 13.8 Å². The van der Waals surface area contributed by atoms with Crippen molar-refractivity contribution in [3.63, 3.8) is 0 Å². The number of carbonyl (C=O) groups is 1. The zero-order valence-electron chi connectivity index (χ0n) is 8.64. The van der Waals surface area contributed by atoms with Gasteiger partial charge in [0.25, 0.3) is 0 Å². The third-order valence-electron chi connectivity index (χ3n) is 2.34.